The lowest BCUT2D eigenvalue weighted by Gasteiger charge is -2.08. The smallest absolute Gasteiger partial charge is 0.287 e. The van der Waals surface area contributed by atoms with E-state index in [0.29, 0.717) is 5.69 Å². The molecule has 1 aromatic carbocycles. The minimum absolute atomic E-state index is 0.0558. The third-order valence-corrected chi connectivity index (χ3v) is 3.27. The van der Waals surface area contributed by atoms with Crippen molar-refractivity contribution in [3.63, 3.8) is 0 Å². The molecule has 7 heteroatoms. The molecule has 104 valence electrons. The van der Waals surface area contributed by atoms with E-state index in [0.717, 1.165) is 5.56 Å². The predicted octanol–water partition coefficient (Wildman–Crippen LogP) is 2.56. The molecule has 0 atom stereocenters. The average molecular weight is 312 g/mol. The molecule has 2 rings (SSSR count). The second kappa shape index (κ2) is 6.07. The summed E-state index contributed by atoms with van der Waals surface area (Å²) < 4.78 is 1.21. The highest BCUT2D eigenvalue weighted by Gasteiger charge is 2.08. The Kier molecular flexibility index (Phi) is 4.42. The standard InChI is InChI=1S/C13H11Cl2N3O2/c1-8(19)17-10-4-2-3-9(5-10)7-18-13(20)12(15)11(14)6-16-18/h2-6H,7H2,1H3,(H,17,19). The Morgan fingerprint density at radius 1 is 1.40 bits per heavy atom. The molecule has 0 aliphatic carbocycles. The predicted molar refractivity (Wildman–Crippen MR) is 78.4 cm³/mol. The Morgan fingerprint density at radius 3 is 2.85 bits per heavy atom. The summed E-state index contributed by atoms with van der Waals surface area (Å²) >= 11 is 11.5. The minimum atomic E-state index is -0.455. The summed E-state index contributed by atoms with van der Waals surface area (Å²) in [6.07, 6.45) is 1.32. The summed E-state index contributed by atoms with van der Waals surface area (Å²) in [5.41, 5.74) is 1.01. The summed E-state index contributed by atoms with van der Waals surface area (Å²) in [5, 5.41) is 6.67. The van der Waals surface area contributed by atoms with Gasteiger partial charge in [0.2, 0.25) is 5.91 Å². The lowest BCUT2D eigenvalue weighted by Crippen LogP contribution is -2.23. The lowest BCUT2D eigenvalue weighted by atomic mass is 10.2. The van der Waals surface area contributed by atoms with Gasteiger partial charge in [0.05, 0.1) is 17.8 Å². The second-order valence-corrected chi connectivity index (χ2v) is 4.94. The fraction of sp³-hybridized carbons (Fsp3) is 0.154. The number of carbonyl (C=O) groups excluding carboxylic acids is 1. The number of nitrogens with one attached hydrogen (secondary N) is 1. The second-order valence-electron chi connectivity index (χ2n) is 4.15. The summed E-state index contributed by atoms with van der Waals surface area (Å²) in [7, 11) is 0. The number of carbonyl (C=O) groups is 1. The summed E-state index contributed by atoms with van der Waals surface area (Å²) in [5.74, 6) is -0.160. The molecular weight excluding hydrogens is 301 g/mol. The first-order chi connectivity index (χ1) is 9.47. The van der Waals surface area contributed by atoms with Gasteiger partial charge in [0.15, 0.2) is 0 Å². The van der Waals surface area contributed by atoms with E-state index in [2.05, 4.69) is 10.4 Å². The van der Waals surface area contributed by atoms with Gasteiger partial charge in [0, 0.05) is 12.6 Å². The molecule has 0 unspecified atom stereocenters. The first-order valence-electron chi connectivity index (χ1n) is 5.75. The number of amides is 1. The number of anilines is 1. The molecule has 20 heavy (non-hydrogen) atoms. The Bertz CT molecular complexity index is 713. The number of hydrogen-bond donors (Lipinski definition) is 1. The van der Waals surface area contributed by atoms with Gasteiger partial charge < -0.3 is 5.32 Å². The third-order valence-electron chi connectivity index (χ3n) is 2.52. The van der Waals surface area contributed by atoms with Crippen molar-refractivity contribution in [2.24, 2.45) is 0 Å². The van der Waals surface area contributed by atoms with E-state index in [1.807, 2.05) is 6.07 Å². The van der Waals surface area contributed by atoms with Crippen molar-refractivity contribution in [1.29, 1.82) is 0 Å². The van der Waals surface area contributed by atoms with Gasteiger partial charge in [-0.3, -0.25) is 9.59 Å². The van der Waals surface area contributed by atoms with Crippen molar-refractivity contribution in [3.05, 3.63) is 56.4 Å². The molecule has 0 aliphatic heterocycles. The minimum Gasteiger partial charge on any atom is -0.326 e. The van der Waals surface area contributed by atoms with Gasteiger partial charge in [-0.05, 0) is 17.7 Å². The molecular formula is C13H11Cl2N3O2. The molecule has 5 nitrogen and oxygen atoms in total. The molecule has 0 saturated heterocycles. The van der Waals surface area contributed by atoms with Crippen LogP contribution in [0.2, 0.25) is 10.0 Å². The first kappa shape index (κ1) is 14.6. The topological polar surface area (TPSA) is 64.0 Å². The molecule has 1 amide bonds. The van der Waals surface area contributed by atoms with Crippen LogP contribution in [0.5, 0.6) is 0 Å². The van der Waals surface area contributed by atoms with Crippen LogP contribution in [-0.2, 0) is 11.3 Å². The summed E-state index contributed by atoms with van der Waals surface area (Å²) in [6.45, 7) is 1.67. The van der Waals surface area contributed by atoms with Crippen molar-refractivity contribution in [2.75, 3.05) is 5.32 Å². The van der Waals surface area contributed by atoms with Gasteiger partial charge in [-0.1, -0.05) is 35.3 Å². The van der Waals surface area contributed by atoms with E-state index in [-0.39, 0.29) is 22.5 Å². The molecule has 1 aromatic heterocycles. The monoisotopic (exact) mass is 311 g/mol. The number of benzene rings is 1. The van der Waals surface area contributed by atoms with Crippen molar-refractivity contribution in [2.45, 2.75) is 13.5 Å². The van der Waals surface area contributed by atoms with Crippen LogP contribution >= 0.6 is 23.2 Å². The number of hydrogen-bond acceptors (Lipinski definition) is 3. The van der Waals surface area contributed by atoms with Gasteiger partial charge in [0.1, 0.15) is 5.02 Å². The Morgan fingerprint density at radius 2 is 2.15 bits per heavy atom. The fourth-order valence-electron chi connectivity index (χ4n) is 1.68. The highest BCUT2D eigenvalue weighted by Crippen LogP contribution is 2.16. The summed E-state index contributed by atoms with van der Waals surface area (Å²) in [6, 6.07) is 7.12. The van der Waals surface area contributed by atoms with Crippen LogP contribution in [0.1, 0.15) is 12.5 Å². The van der Waals surface area contributed by atoms with Crippen molar-refractivity contribution < 1.29 is 4.79 Å². The van der Waals surface area contributed by atoms with Crippen LogP contribution in [-0.4, -0.2) is 15.7 Å². The molecule has 0 aliphatic rings. The van der Waals surface area contributed by atoms with E-state index < -0.39 is 5.56 Å². The molecule has 0 spiro atoms. The molecule has 0 radical (unpaired) electrons. The van der Waals surface area contributed by atoms with Crippen LogP contribution < -0.4 is 10.9 Å². The van der Waals surface area contributed by atoms with Gasteiger partial charge in [-0.2, -0.15) is 5.10 Å². The average Bonchev–Trinajstić information content (AvgIpc) is 2.39. The largest absolute Gasteiger partial charge is 0.326 e. The van der Waals surface area contributed by atoms with Gasteiger partial charge in [-0.15, -0.1) is 0 Å². The Labute approximate surface area is 125 Å². The van der Waals surface area contributed by atoms with Crippen LogP contribution in [0.15, 0.2) is 35.3 Å². The quantitative estimate of drug-likeness (QED) is 0.947. The maximum Gasteiger partial charge on any atom is 0.287 e. The third kappa shape index (κ3) is 3.37. The molecule has 2 aromatic rings. The van der Waals surface area contributed by atoms with Crippen molar-refractivity contribution in [1.82, 2.24) is 9.78 Å². The van der Waals surface area contributed by atoms with Crippen LogP contribution in [0.4, 0.5) is 5.69 Å². The highest BCUT2D eigenvalue weighted by atomic mass is 35.5. The molecule has 1 heterocycles. The highest BCUT2D eigenvalue weighted by molar-refractivity contribution is 6.41. The molecule has 0 saturated carbocycles. The SMILES string of the molecule is CC(=O)Nc1cccc(Cn2ncc(Cl)c(Cl)c2=O)c1. The van der Waals surface area contributed by atoms with Crippen LogP contribution in [0, 0.1) is 0 Å². The van der Waals surface area contributed by atoms with E-state index in [4.69, 9.17) is 23.2 Å². The van der Waals surface area contributed by atoms with Crippen molar-refractivity contribution in [3.8, 4) is 0 Å². The Balaban J connectivity index is 2.29. The normalized spacial score (nSPS) is 10.3. The summed E-state index contributed by atoms with van der Waals surface area (Å²) in [4.78, 5) is 22.9. The van der Waals surface area contributed by atoms with E-state index >= 15 is 0 Å². The van der Waals surface area contributed by atoms with Gasteiger partial charge >= 0.3 is 0 Å². The number of halogens is 2. The Hall–Kier alpha value is -1.85. The number of nitrogens with zero attached hydrogens (tertiary/aromatic N) is 2. The zero-order valence-corrected chi connectivity index (χ0v) is 12.1. The lowest BCUT2D eigenvalue weighted by molar-refractivity contribution is -0.114. The molecule has 0 bridgehead atoms. The van der Waals surface area contributed by atoms with Crippen LogP contribution in [0.3, 0.4) is 0 Å². The number of rotatable bonds is 3. The van der Waals surface area contributed by atoms with E-state index in [1.165, 1.54) is 17.8 Å². The maximum absolute atomic E-state index is 11.9. The van der Waals surface area contributed by atoms with E-state index in [1.54, 1.807) is 18.2 Å². The van der Waals surface area contributed by atoms with E-state index in [9.17, 15) is 9.59 Å². The zero-order chi connectivity index (χ0) is 14.7. The van der Waals surface area contributed by atoms with Gasteiger partial charge in [-0.25, -0.2) is 4.68 Å². The molecule has 1 N–H and O–H groups in total. The fourth-order valence-corrected chi connectivity index (χ4v) is 1.95. The van der Waals surface area contributed by atoms with Gasteiger partial charge in [0.25, 0.3) is 5.56 Å². The maximum atomic E-state index is 11.9. The van der Waals surface area contributed by atoms with Crippen molar-refractivity contribution >= 4 is 34.8 Å². The zero-order valence-electron chi connectivity index (χ0n) is 10.6. The van der Waals surface area contributed by atoms with Crippen LogP contribution in [0.25, 0.3) is 0 Å². The first-order valence-corrected chi connectivity index (χ1v) is 6.50. The number of aromatic nitrogens is 2. The molecule has 0 fully saturated rings.